The molecule has 0 aliphatic carbocycles. The van der Waals surface area contributed by atoms with E-state index >= 15 is 0 Å². The second-order valence-electron chi connectivity index (χ2n) is 9.91. The fourth-order valence-corrected chi connectivity index (χ4v) is 5.69. The lowest BCUT2D eigenvalue weighted by atomic mass is 10.1. The Morgan fingerprint density at radius 3 is 2.42 bits per heavy atom. The Morgan fingerprint density at radius 2 is 1.67 bits per heavy atom. The summed E-state index contributed by atoms with van der Waals surface area (Å²) in [6.07, 6.45) is 1.47. The first kappa shape index (κ1) is 22.7. The number of benzene rings is 2. The molecule has 1 atom stereocenters. The van der Waals surface area contributed by atoms with E-state index in [0.717, 1.165) is 55.9 Å². The zero-order valence-electron chi connectivity index (χ0n) is 20.6. The molecule has 188 valence electrons. The Balaban J connectivity index is 1.11. The Kier molecular flexibility index (Phi) is 5.67. The van der Waals surface area contributed by atoms with Gasteiger partial charge < -0.3 is 15.5 Å². The van der Waals surface area contributed by atoms with Crippen LogP contribution in [0, 0.1) is 0 Å². The Morgan fingerprint density at radius 1 is 0.917 bits per heavy atom. The summed E-state index contributed by atoms with van der Waals surface area (Å²) in [5, 5.41) is 7.91. The number of nitrogen functional groups attached to an aromatic ring is 1. The third-order valence-corrected chi connectivity index (χ3v) is 7.74. The number of urea groups is 1. The fraction of sp³-hybridized carbons (Fsp3) is 0.423. The van der Waals surface area contributed by atoms with Gasteiger partial charge in [-0.3, -0.25) is 24.6 Å². The van der Waals surface area contributed by atoms with Gasteiger partial charge in [-0.25, -0.2) is 4.79 Å². The maximum absolute atomic E-state index is 12.4. The van der Waals surface area contributed by atoms with E-state index in [-0.39, 0.29) is 12.3 Å². The van der Waals surface area contributed by atoms with Crippen LogP contribution < -0.4 is 25.8 Å². The molecule has 3 saturated heterocycles. The summed E-state index contributed by atoms with van der Waals surface area (Å²) in [5.41, 5.74) is 10.1. The number of rotatable bonds is 4. The van der Waals surface area contributed by atoms with Crippen molar-refractivity contribution in [3.63, 3.8) is 0 Å². The minimum absolute atomic E-state index is 0.242. The number of amides is 3. The monoisotopic (exact) mass is 488 g/mol. The quantitative estimate of drug-likeness (QED) is 0.542. The molecular weight excluding hydrogens is 456 g/mol. The highest BCUT2D eigenvalue weighted by Gasteiger charge is 2.31. The molecule has 2 aromatic carbocycles. The van der Waals surface area contributed by atoms with Gasteiger partial charge in [0.05, 0.1) is 5.52 Å². The summed E-state index contributed by atoms with van der Waals surface area (Å²) in [6.45, 7) is 6.52. The first-order valence-electron chi connectivity index (χ1n) is 12.6. The number of nitrogens with two attached hydrogens (primary N) is 1. The van der Waals surface area contributed by atoms with Crippen LogP contribution in [0.25, 0.3) is 10.9 Å². The number of imide groups is 1. The number of fused-ring (bicyclic) bond motifs is 1. The summed E-state index contributed by atoms with van der Waals surface area (Å²) < 4.78 is 1.82. The highest BCUT2D eigenvalue weighted by molar-refractivity contribution is 6.09. The molecule has 0 saturated carbocycles. The number of piperazine rings is 1. The number of aromatic nitrogens is 2. The molecule has 10 nitrogen and oxygen atoms in total. The predicted octanol–water partition coefficient (Wildman–Crippen LogP) is 2.00. The van der Waals surface area contributed by atoms with Gasteiger partial charge in [-0.05, 0) is 48.9 Å². The second-order valence-corrected chi connectivity index (χ2v) is 9.91. The number of nitrogens with one attached hydrogen (secondary N) is 1. The minimum Gasteiger partial charge on any atom is -0.399 e. The van der Waals surface area contributed by atoms with Crippen molar-refractivity contribution >= 4 is 45.7 Å². The van der Waals surface area contributed by atoms with Crippen LogP contribution in [0.3, 0.4) is 0 Å². The molecule has 3 fully saturated rings. The van der Waals surface area contributed by atoms with Gasteiger partial charge >= 0.3 is 6.03 Å². The molecule has 10 heteroatoms. The molecule has 1 aromatic heterocycles. The molecule has 3 aliphatic heterocycles. The lowest BCUT2D eigenvalue weighted by Crippen LogP contribution is -2.51. The van der Waals surface area contributed by atoms with Crippen LogP contribution in [0.5, 0.6) is 0 Å². The number of anilines is 4. The third-order valence-electron chi connectivity index (χ3n) is 7.74. The summed E-state index contributed by atoms with van der Waals surface area (Å²) in [4.78, 5) is 33.0. The standard InChI is InChI=1S/C26H32N8O2/c1-30-23-16-20(6-7-22(23)25(29-30)34-11-9-24(35)28-26(34)36)31-12-14-32(15-13-31)21-8-10-33(17-21)19-4-2-18(27)3-5-19/h2-7,16,21H,8-15,17,27H2,1H3,(H,28,35,36). The second kappa shape index (κ2) is 9.02. The molecule has 0 bridgehead atoms. The number of carbonyl (C=O) groups excluding carboxylic acids is 2. The maximum atomic E-state index is 12.4. The largest absolute Gasteiger partial charge is 0.399 e. The van der Waals surface area contributed by atoms with E-state index in [2.05, 4.69) is 49.4 Å². The van der Waals surface area contributed by atoms with E-state index in [0.29, 0.717) is 18.4 Å². The van der Waals surface area contributed by atoms with Crippen LogP contribution in [-0.4, -0.2) is 78.5 Å². The van der Waals surface area contributed by atoms with Gasteiger partial charge in [0.15, 0.2) is 5.82 Å². The van der Waals surface area contributed by atoms with Crippen molar-refractivity contribution in [2.45, 2.75) is 18.9 Å². The molecule has 1 unspecified atom stereocenters. The smallest absolute Gasteiger partial charge is 0.329 e. The Labute approximate surface area is 210 Å². The van der Waals surface area contributed by atoms with Crippen LogP contribution in [0.4, 0.5) is 27.7 Å². The first-order valence-corrected chi connectivity index (χ1v) is 12.6. The summed E-state index contributed by atoms with van der Waals surface area (Å²) in [5.74, 6) is 0.356. The summed E-state index contributed by atoms with van der Waals surface area (Å²) >= 11 is 0. The molecule has 3 N–H and O–H groups in total. The van der Waals surface area contributed by atoms with E-state index in [4.69, 9.17) is 5.73 Å². The van der Waals surface area contributed by atoms with Crippen LogP contribution in [0.1, 0.15) is 12.8 Å². The van der Waals surface area contributed by atoms with E-state index in [1.54, 1.807) is 4.90 Å². The number of hydrogen-bond donors (Lipinski definition) is 2. The zero-order valence-corrected chi connectivity index (χ0v) is 20.6. The minimum atomic E-state index is -0.409. The van der Waals surface area contributed by atoms with Gasteiger partial charge in [0.2, 0.25) is 5.91 Å². The summed E-state index contributed by atoms with van der Waals surface area (Å²) in [7, 11) is 1.90. The molecular formula is C26H32N8O2. The van der Waals surface area contributed by atoms with Crippen LogP contribution in [-0.2, 0) is 11.8 Å². The van der Waals surface area contributed by atoms with Crippen molar-refractivity contribution in [1.29, 1.82) is 0 Å². The van der Waals surface area contributed by atoms with Gasteiger partial charge in [0.25, 0.3) is 0 Å². The average Bonchev–Trinajstić information content (AvgIpc) is 3.50. The number of aryl methyl sites for hydroxylation is 1. The Hall–Kier alpha value is -3.79. The maximum Gasteiger partial charge on any atom is 0.329 e. The van der Waals surface area contributed by atoms with Crippen molar-refractivity contribution in [2.24, 2.45) is 7.05 Å². The van der Waals surface area contributed by atoms with Crippen molar-refractivity contribution in [3.05, 3.63) is 42.5 Å². The average molecular weight is 489 g/mol. The SMILES string of the molecule is Cn1nc(N2CCC(=O)NC2=O)c2ccc(N3CCN(C4CCN(c5ccc(N)cc5)C4)CC3)cc21. The fourth-order valence-electron chi connectivity index (χ4n) is 5.69. The number of hydrogen-bond acceptors (Lipinski definition) is 7. The zero-order chi connectivity index (χ0) is 24.8. The van der Waals surface area contributed by atoms with Crippen molar-refractivity contribution < 1.29 is 9.59 Å². The molecule has 0 spiro atoms. The van der Waals surface area contributed by atoms with Gasteiger partial charge in [-0.15, -0.1) is 0 Å². The van der Waals surface area contributed by atoms with Gasteiger partial charge in [-0.2, -0.15) is 5.10 Å². The van der Waals surface area contributed by atoms with Crippen molar-refractivity contribution in [3.8, 4) is 0 Å². The van der Waals surface area contributed by atoms with E-state index in [1.165, 1.54) is 17.8 Å². The molecule has 3 aromatic rings. The topological polar surface area (TPSA) is 103 Å². The molecule has 36 heavy (non-hydrogen) atoms. The lowest BCUT2D eigenvalue weighted by Gasteiger charge is -2.39. The molecule has 0 radical (unpaired) electrons. The first-order chi connectivity index (χ1) is 17.5. The van der Waals surface area contributed by atoms with Crippen LogP contribution >= 0.6 is 0 Å². The molecule has 3 amide bonds. The predicted molar refractivity (Wildman–Crippen MR) is 141 cm³/mol. The highest BCUT2D eigenvalue weighted by atomic mass is 16.2. The van der Waals surface area contributed by atoms with E-state index in [9.17, 15) is 9.59 Å². The molecule has 6 rings (SSSR count). The number of nitrogens with zero attached hydrogens (tertiary/aromatic N) is 6. The third kappa shape index (κ3) is 4.11. The van der Waals surface area contributed by atoms with Crippen LogP contribution in [0.15, 0.2) is 42.5 Å². The molecule has 3 aliphatic rings. The normalized spacial score (nSPS) is 21.5. The highest BCUT2D eigenvalue weighted by Crippen LogP contribution is 2.31. The van der Waals surface area contributed by atoms with Gasteiger partial charge in [-0.1, -0.05) is 0 Å². The van der Waals surface area contributed by atoms with Crippen LogP contribution in [0.2, 0.25) is 0 Å². The molecule has 4 heterocycles. The van der Waals surface area contributed by atoms with Crippen molar-refractivity contribution in [2.75, 3.05) is 66.2 Å². The van der Waals surface area contributed by atoms with E-state index in [1.807, 2.05) is 29.9 Å². The Bertz CT molecular complexity index is 1300. The van der Waals surface area contributed by atoms with Gasteiger partial charge in [0, 0.05) is 87.8 Å². The number of carbonyl (C=O) groups is 2. The van der Waals surface area contributed by atoms with Crippen molar-refractivity contribution in [1.82, 2.24) is 20.0 Å². The van der Waals surface area contributed by atoms with E-state index < -0.39 is 6.03 Å². The lowest BCUT2D eigenvalue weighted by molar-refractivity contribution is -0.120. The van der Waals surface area contributed by atoms with Gasteiger partial charge in [0.1, 0.15) is 0 Å². The summed E-state index contributed by atoms with van der Waals surface area (Å²) in [6, 6.07) is 14.7.